The predicted octanol–water partition coefficient (Wildman–Crippen LogP) is 2.31. The minimum Gasteiger partial charge on any atom is -0.466 e. The Hall–Kier alpha value is -2.11. The Bertz CT molecular complexity index is 603. The predicted molar refractivity (Wildman–Crippen MR) is 75.3 cm³/mol. The van der Waals surface area contributed by atoms with Crippen LogP contribution in [0.25, 0.3) is 0 Å². The number of amides is 4. The van der Waals surface area contributed by atoms with Crippen molar-refractivity contribution in [3.05, 3.63) is 23.2 Å². The number of imide groups is 2. The SMILES string of the molecule is Cc1cc(C(C)N2C(=O)NC(=O)C(C(C)C)C2=O)c(C)o1. The lowest BCUT2D eigenvalue weighted by Gasteiger charge is -2.35. The maximum absolute atomic E-state index is 12.5. The van der Waals surface area contributed by atoms with Gasteiger partial charge in [0.15, 0.2) is 0 Å². The molecule has 1 aliphatic rings. The van der Waals surface area contributed by atoms with E-state index in [1.807, 2.05) is 6.92 Å². The topological polar surface area (TPSA) is 79.6 Å². The first kappa shape index (κ1) is 15.3. The summed E-state index contributed by atoms with van der Waals surface area (Å²) in [4.78, 5) is 37.5. The third-order valence-corrected chi connectivity index (χ3v) is 3.82. The molecule has 0 radical (unpaired) electrons. The monoisotopic (exact) mass is 292 g/mol. The molecule has 6 heteroatoms. The van der Waals surface area contributed by atoms with Crippen LogP contribution in [0, 0.1) is 25.7 Å². The molecule has 0 saturated carbocycles. The van der Waals surface area contributed by atoms with E-state index in [0.29, 0.717) is 5.76 Å². The van der Waals surface area contributed by atoms with Crippen molar-refractivity contribution < 1.29 is 18.8 Å². The van der Waals surface area contributed by atoms with Crippen molar-refractivity contribution in [1.82, 2.24) is 10.2 Å². The molecule has 2 rings (SSSR count). The van der Waals surface area contributed by atoms with Crippen LogP contribution in [0.3, 0.4) is 0 Å². The highest BCUT2D eigenvalue weighted by atomic mass is 16.3. The summed E-state index contributed by atoms with van der Waals surface area (Å²) in [6, 6.07) is 0.651. The molecule has 1 aromatic heterocycles. The van der Waals surface area contributed by atoms with Gasteiger partial charge < -0.3 is 4.42 Å². The second-order valence-corrected chi connectivity index (χ2v) is 5.77. The molecule has 1 aliphatic heterocycles. The zero-order valence-corrected chi connectivity index (χ0v) is 12.9. The summed E-state index contributed by atoms with van der Waals surface area (Å²) in [7, 11) is 0. The number of carbonyl (C=O) groups is 3. The number of urea groups is 1. The minimum atomic E-state index is -0.835. The minimum absolute atomic E-state index is 0.174. The van der Waals surface area contributed by atoms with E-state index < -0.39 is 29.8 Å². The molecular weight excluding hydrogens is 272 g/mol. The number of rotatable bonds is 3. The van der Waals surface area contributed by atoms with E-state index in [-0.39, 0.29) is 5.92 Å². The second kappa shape index (κ2) is 5.35. The molecule has 0 spiro atoms. The van der Waals surface area contributed by atoms with Crippen molar-refractivity contribution in [2.24, 2.45) is 11.8 Å². The fraction of sp³-hybridized carbons (Fsp3) is 0.533. The van der Waals surface area contributed by atoms with E-state index in [4.69, 9.17) is 4.42 Å². The van der Waals surface area contributed by atoms with Crippen molar-refractivity contribution in [3.8, 4) is 0 Å². The maximum Gasteiger partial charge on any atom is 0.331 e. The largest absolute Gasteiger partial charge is 0.466 e. The van der Waals surface area contributed by atoms with E-state index in [1.165, 1.54) is 0 Å². The van der Waals surface area contributed by atoms with Crippen LogP contribution >= 0.6 is 0 Å². The number of carbonyl (C=O) groups excluding carboxylic acids is 3. The van der Waals surface area contributed by atoms with Gasteiger partial charge in [-0.15, -0.1) is 0 Å². The van der Waals surface area contributed by atoms with E-state index in [2.05, 4.69) is 5.32 Å². The van der Waals surface area contributed by atoms with Gasteiger partial charge in [0, 0.05) is 5.56 Å². The Balaban J connectivity index is 2.37. The van der Waals surface area contributed by atoms with Crippen molar-refractivity contribution in [3.63, 3.8) is 0 Å². The first-order valence-corrected chi connectivity index (χ1v) is 6.98. The lowest BCUT2D eigenvalue weighted by atomic mass is 9.91. The van der Waals surface area contributed by atoms with Crippen LogP contribution in [0.2, 0.25) is 0 Å². The zero-order valence-electron chi connectivity index (χ0n) is 12.9. The summed E-state index contributed by atoms with van der Waals surface area (Å²) in [5.41, 5.74) is 0.771. The van der Waals surface area contributed by atoms with Gasteiger partial charge in [-0.25, -0.2) is 4.79 Å². The van der Waals surface area contributed by atoms with Crippen LogP contribution in [0.15, 0.2) is 10.5 Å². The van der Waals surface area contributed by atoms with E-state index in [1.54, 1.807) is 33.8 Å². The molecule has 1 fully saturated rings. The highest BCUT2D eigenvalue weighted by molar-refractivity contribution is 6.16. The van der Waals surface area contributed by atoms with Crippen LogP contribution in [0.5, 0.6) is 0 Å². The highest BCUT2D eigenvalue weighted by Crippen LogP contribution is 2.30. The Morgan fingerprint density at radius 3 is 2.29 bits per heavy atom. The van der Waals surface area contributed by atoms with Crippen molar-refractivity contribution in [1.29, 1.82) is 0 Å². The number of hydrogen-bond acceptors (Lipinski definition) is 4. The summed E-state index contributed by atoms with van der Waals surface area (Å²) in [6.07, 6.45) is 0. The van der Waals surface area contributed by atoms with Gasteiger partial charge in [-0.1, -0.05) is 13.8 Å². The quantitative estimate of drug-likeness (QED) is 0.867. The van der Waals surface area contributed by atoms with Gasteiger partial charge in [0.25, 0.3) is 0 Å². The molecule has 114 valence electrons. The van der Waals surface area contributed by atoms with Crippen molar-refractivity contribution in [2.75, 3.05) is 0 Å². The lowest BCUT2D eigenvalue weighted by Crippen LogP contribution is -2.59. The number of hydrogen-bond donors (Lipinski definition) is 1. The number of nitrogens with one attached hydrogen (secondary N) is 1. The molecule has 2 atom stereocenters. The van der Waals surface area contributed by atoms with Crippen LogP contribution in [0.1, 0.15) is 43.9 Å². The third-order valence-electron chi connectivity index (χ3n) is 3.82. The van der Waals surface area contributed by atoms with E-state index in [9.17, 15) is 14.4 Å². The standard InChI is InChI=1S/C15H20N2O4/c1-7(2)12-13(18)16-15(20)17(14(12)19)9(4)11-6-8(3)21-10(11)5/h6-7,9,12H,1-5H3,(H,16,18,20). The van der Waals surface area contributed by atoms with Crippen molar-refractivity contribution >= 4 is 17.8 Å². The average molecular weight is 292 g/mol. The molecule has 0 aromatic carbocycles. The fourth-order valence-electron chi connectivity index (χ4n) is 2.76. The van der Waals surface area contributed by atoms with Gasteiger partial charge in [0.1, 0.15) is 17.4 Å². The smallest absolute Gasteiger partial charge is 0.331 e. The summed E-state index contributed by atoms with van der Waals surface area (Å²) in [5.74, 6) is -0.603. The summed E-state index contributed by atoms with van der Waals surface area (Å²) in [6.45, 7) is 8.92. The molecule has 6 nitrogen and oxygen atoms in total. The summed E-state index contributed by atoms with van der Waals surface area (Å²) >= 11 is 0. The molecule has 0 aliphatic carbocycles. The van der Waals surface area contributed by atoms with Gasteiger partial charge in [-0.2, -0.15) is 0 Å². The third kappa shape index (κ3) is 2.57. The molecule has 21 heavy (non-hydrogen) atoms. The van der Waals surface area contributed by atoms with Gasteiger partial charge >= 0.3 is 6.03 Å². The highest BCUT2D eigenvalue weighted by Gasteiger charge is 2.44. The second-order valence-electron chi connectivity index (χ2n) is 5.77. The lowest BCUT2D eigenvalue weighted by molar-refractivity contribution is -0.145. The molecule has 2 heterocycles. The van der Waals surface area contributed by atoms with E-state index in [0.717, 1.165) is 16.2 Å². The molecule has 1 aromatic rings. The van der Waals surface area contributed by atoms with E-state index >= 15 is 0 Å². The van der Waals surface area contributed by atoms with Crippen LogP contribution < -0.4 is 5.32 Å². The molecule has 1 N–H and O–H groups in total. The molecular formula is C15H20N2O4. The van der Waals surface area contributed by atoms with Crippen LogP contribution in [0.4, 0.5) is 4.79 Å². The summed E-state index contributed by atoms with van der Waals surface area (Å²) in [5, 5.41) is 2.26. The van der Waals surface area contributed by atoms with Crippen LogP contribution in [-0.4, -0.2) is 22.7 Å². The Morgan fingerprint density at radius 2 is 1.81 bits per heavy atom. The molecule has 2 unspecified atom stereocenters. The zero-order chi connectivity index (χ0) is 15.9. The number of aryl methyl sites for hydroxylation is 2. The summed E-state index contributed by atoms with van der Waals surface area (Å²) < 4.78 is 5.46. The van der Waals surface area contributed by atoms with Gasteiger partial charge in [0.05, 0.1) is 6.04 Å². The maximum atomic E-state index is 12.5. The Labute approximate surface area is 123 Å². The fourth-order valence-corrected chi connectivity index (χ4v) is 2.76. The first-order valence-electron chi connectivity index (χ1n) is 6.98. The van der Waals surface area contributed by atoms with Crippen LogP contribution in [-0.2, 0) is 9.59 Å². The Morgan fingerprint density at radius 1 is 1.19 bits per heavy atom. The normalized spacial score (nSPS) is 21.0. The Kier molecular flexibility index (Phi) is 3.89. The van der Waals surface area contributed by atoms with Gasteiger partial charge in [-0.05, 0) is 32.8 Å². The number of nitrogens with zero attached hydrogens (tertiary/aromatic N) is 1. The number of barbiturate groups is 1. The molecule has 0 bridgehead atoms. The van der Waals surface area contributed by atoms with Crippen molar-refractivity contribution in [2.45, 2.75) is 40.7 Å². The van der Waals surface area contributed by atoms with Gasteiger partial charge in [-0.3, -0.25) is 19.8 Å². The molecule has 1 saturated heterocycles. The number of furan rings is 1. The average Bonchev–Trinajstić information content (AvgIpc) is 2.66. The molecule has 4 amide bonds. The van der Waals surface area contributed by atoms with Gasteiger partial charge in [0.2, 0.25) is 11.8 Å². The first-order chi connectivity index (χ1) is 9.73.